The van der Waals surface area contributed by atoms with Gasteiger partial charge in [0.15, 0.2) is 8.07 Å². The molecular formula is C26H28Si. The fraction of sp³-hybridized carbons (Fsp3) is 0.231. The van der Waals surface area contributed by atoms with Gasteiger partial charge in [-0.3, -0.25) is 0 Å². The fourth-order valence-corrected chi connectivity index (χ4v) is 11.2. The Hall–Kier alpha value is -2.38. The Morgan fingerprint density at radius 2 is 1.37 bits per heavy atom. The highest BCUT2D eigenvalue weighted by Gasteiger charge is 2.55. The summed E-state index contributed by atoms with van der Waals surface area (Å²) < 4.78 is 0. The van der Waals surface area contributed by atoms with Gasteiger partial charge in [0.05, 0.1) is 0 Å². The maximum Gasteiger partial charge on any atom is 0.155 e. The number of hydrogen-bond donors (Lipinski definition) is 0. The maximum absolute atomic E-state index is 2.44. The Kier molecular flexibility index (Phi) is 4.23. The molecule has 27 heavy (non-hydrogen) atoms. The average molecular weight is 369 g/mol. The van der Waals surface area contributed by atoms with Crippen LogP contribution in [0.25, 0.3) is 17.2 Å². The van der Waals surface area contributed by atoms with Crippen molar-refractivity contribution in [1.82, 2.24) is 0 Å². The van der Waals surface area contributed by atoms with Crippen molar-refractivity contribution in [2.45, 2.75) is 39.7 Å². The molecule has 0 N–H and O–H groups in total. The van der Waals surface area contributed by atoms with Gasteiger partial charge in [-0.25, -0.2) is 0 Å². The van der Waals surface area contributed by atoms with Crippen LogP contribution in [0, 0.1) is 0 Å². The molecule has 0 amide bonds. The summed E-state index contributed by atoms with van der Waals surface area (Å²) in [5, 5.41) is 4.82. The Morgan fingerprint density at radius 1 is 0.741 bits per heavy atom. The first-order valence-electron chi connectivity index (χ1n) is 9.81. The van der Waals surface area contributed by atoms with E-state index in [0.717, 1.165) is 0 Å². The summed E-state index contributed by atoms with van der Waals surface area (Å²) in [6.45, 7) is 11.7. The largest absolute Gasteiger partial charge is 0.155 e. The van der Waals surface area contributed by atoms with Crippen molar-refractivity contribution in [3.63, 3.8) is 0 Å². The third kappa shape index (κ3) is 2.56. The van der Waals surface area contributed by atoms with Gasteiger partial charge in [-0.1, -0.05) is 105 Å². The van der Waals surface area contributed by atoms with Crippen LogP contribution in [-0.4, -0.2) is 8.07 Å². The van der Waals surface area contributed by atoms with Gasteiger partial charge in [0.25, 0.3) is 0 Å². The molecule has 0 radical (unpaired) electrons. The summed E-state index contributed by atoms with van der Waals surface area (Å²) in [5.41, 5.74) is 5.62. The topological polar surface area (TPSA) is 0 Å². The molecule has 1 atom stereocenters. The molecule has 0 nitrogen and oxygen atoms in total. The van der Waals surface area contributed by atoms with Crippen molar-refractivity contribution in [2.75, 3.05) is 0 Å². The number of fused-ring (bicyclic) bond motifs is 3. The van der Waals surface area contributed by atoms with Gasteiger partial charge < -0.3 is 0 Å². The van der Waals surface area contributed by atoms with E-state index in [4.69, 9.17) is 0 Å². The van der Waals surface area contributed by atoms with Crippen LogP contribution < -0.4 is 15.6 Å². The van der Waals surface area contributed by atoms with Gasteiger partial charge in [0, 0.05) is 0 Å². The molecule has 4 rings (SSSR count). The van der Waals surface area contributed by atoms with Crippen LogP contribution in [0.5, 0.6) is 0 Å². The smallest absolute Gasteiger partial charge is 0.0758 e. The van der Waals surface area contributed by atoms with Crippen molar-refractivity contribution >= 4 is 29.7 Å². The van der Waals surface area contributed by atoms with E-state index < -0.39 is 8.07 Å². The van der Waals surface area contributed by atoms with E-state index in [0.29, 0.717) is 0 Å². The van der Waals surface area contributed by atoms with E-state index in [1.807, 2.05) is 0 Å². The SMILES string of the molecule is CC(C)=Cc1cccc2c1[Si@](c1ccccc1)(C(C)(C)C)c1ccccc1-2. The van der Waals surface area contributed by atoms with Crippen LogP contribution in [0.1, 0.15) is 40.2 Å². The predicted molar refractivity (Wildman–Crippen MR) is 122 cm³/mol. The van der Waals surface area contributed by atoms with Crippen LogP contribution in [0.4, 0.5) is 0 Å². The summed E-state index contributed by atoms with van der Waals surface area (Å²) >= 11 is 0. The Morgan fingerprint density at radius 3 is 2.04 bits per heavy atom. The van der Waals surface area contributed by atoms with Crippen molar-refractivity contribution in [2.24, 2.45) is 0 Å². The van der Waals surface area contributed by atoms with E-state index in [1.165, 1.54) is 27.5 Å². The number of allylic oxidation sites excluding steroid dienone is 1. The molecule has 0 aliphatic carbocycles. The lowest BCUT2D eigenvalue weighted by molar-refractivity contribution is 0.740. The number of rotatable bonds is 2. The van der Waals surface area contributed by atoms with E-state index in [2.05, 4.69) is 113 Å². The highest BCUT2D eigenvalue weighted by atomic mass is 28.3. The lowest BCUT2D eigenvalue weighted by atomic mass is 10.0. The minimum Gasteiger partial charge on any atom is -0.0758 e. The third-order valence-corrected chi connectivity index (χ3v) is 11.9. The van der Waals surface area contributed by atoms with Crippen molar-refractivity contribution in [1.29, 1.82) is 0 Å². The third-order valence-electron chi connectivity index (χ3n) is 5.87. The number of hydrogen-bond acceptors (Lipinski definition) is 0. The summed E-state index contributed by atoms with van der Waals surface area (Å²) in [6, 6.07) is 27.3. The molecule has 1 aliphatic rings. The Labute approximate surface area is 164 Å². The standard InChI is InChI=1S/C26H28Si/c1-19(2)18-20-12-11-16-23-22-15-9-10-17-24(22)27(25(20)23,26(3,4)5)21-13-7-6-8-14-21/h6-18H,1-5H3/t27-/m1/s1. The average Bonchev–Trinajstić information content (AvgIpc) is 2.94. The van der Waals surface area contributed by atoms with E-state index in [1.54, 1.807) is 10.4 Å². The second-order valence-corrected chi connectivity index (χ2v) is 13.5. The molecule has 0 saturated carbocycles. The molecule has 1 heteroatoms. The van der Waals surface area contributed by atoms with Crippen LogP contribution in [-0.2, 0) is 0 Å². The van der Waals surface area contributed by atoms with E-state index >= 15 is 0 Å². The van der Waals surface area contributed by atoms with Gasteiger partial charge >= 0.3 is 0 Å². The monoisotopic (exact) mass is 368 g/mol. The molecule has 136 valence electrons. The molecule has 3 aromatic rings. The molecule has 0 aromatic heterocycles. The highest BCUT2D eigenvalue weighted by molar-refractivity contribution is 7.16. The molecule has 0 fully saturated rings. The van der Waals surface area contributed by atoms with Crippen LogP contribution >= 0.6 is 0 Å². The molecule has 3 aromatic carbocycles. The van der Waals surface area contributed by atoms with Gasteiger partial charge in [-0.15, -0.1) is 0 Å². The Bertz CT molecular complexity index is 1020. The minimum atomic E-state index is -2.21. The zero-order chi connectivity index (χ0) is 19.2. The molecule has 0 saturated heterocycles. The second-order valence-electron chi connectivity index (χ2n) is 8.90. The van der Waals surface area contributed by atoms with Gasteiger partial charge in [-0.05, 0) is 51.1 Å². The molecule has 1 heterocycles. The predicted octanol–water partition coefficient (Wildman–Crippen LogP) is 5.36. The Balaban J connectivity index is 2.23. The summed E-state index contributed by atoms with van der Waals surface area (Å²) in [6.07, 6.45) is 2.38. The van der Waals surface area contributed by atoms with Crippen molar-refractivity contribution < 1.29 is 0 Å². The molecular weight excluding hydrogens is 340 g/mol. The summed E-state index contributed by atoms with van der Waals surface area (Å²) in [7, 11) is -2.21. The molecule has 1 aliphatic heterocycles. The van der Waals surface area contributed by atoms with E-state index in [-0.39, 0.29) is 5.04 Å². The van der Waals surface area contributed by atoms with Gasteiger partial charge in [0.2, 0.25) is 0 Å². The summed E-state index contributed by atoms with van der Waals surface area (Å²) in [4.78, 5) is 0. The molecule has 0 unspecified atom stereocenters. The second kappa shape index (κ2) is 6.35. The van der Waals surface area contributed by atoms with Crippen molar-refractivity contribution in [3.8, 4) is 11.1 Å². The van der Waals surface area contributed by atoms with Crippen LogP contribution in [0.15, 0.2) is 78.4 Å². The van der Waals surface area contributed by atoms with Crippen molar-refractivity contribution in [3.05, 3.63) is 83.9 Å². The van der Waals surface area contributed by atoms with Gasteiger partial charge in [0.1, 0.15) is 0 Å². The zero-order valence-corrected chi connectivity index (χ0v) is 18.0. The lowest BCUT2D eigenvalue weighted by Gasteiger charge is -2.43. The quantitative estimate of drug-likeness (QED) is 0.534. The zero-order valence-electron chi connectivity index (χ0n) is 17.0. The van der Waals surface area contributed by atoms with Crippen LogP contribution in [0.3, 0.4) is 0 Å². The first-order chi connectivity index (χ1) is 12.9. The molecule has 0 bridgehead atoms. The highest BCUT2D eigenvalue weighted by Crippen LogP contribution is 2.43. The van der Waals surface area contributed by atoms with Gasteiger partial charge in [-0.2, -0.15) is 0 Å². The first-order valence-corrected chi connectivity index (χ1v) is 11.8. The summed E-state index contributed by atoms with van der Waals surface area (Å²) in [5.74, 6) is 0. The lowest BCUT2D eigenvalue weighted by Crippen LogP contribution is -2.70. The maximum atomic E-state index is 2.44. The number of benzene rings is 3. The van der Waals surface area contributed by atoms with Crippen LogP contribution in [0.2, 0.25) is 5.04 Å². The normalized spacial score (nSPS) is 18.0. The minimum absolute atomic E-state index is 0.154. The van der Waals surface area contributed by atoms with E-state index in [9.17, 15) is 0 Å². The fourth-order valence-electron chi connectivity index (χ4n) is 5.02. The first kappa shape index (κ1) is 18.0. The molecule has 0 spiro atoms.